The van der Waals surface area contributed by atoms with E-state index >= 15 is 0 Å². The van der Waals surface area contributed by atoms with E-state index in [-0.39, 0.29) is 0 Å². The van der Waals surface area contributed by atoms with E-state index in [1.54, 1.807) is 0 Å². The summed E-state index contributed by atoms with van der Waals surface area (Å²) in [4.78, 5) is 11.5. The summed E-state index contributed by atoms with van der Waals surface area (Å²) in [6.45, 7) is 0. The Morgan fingerprint density at radius 3 is 1.27 bits per heavy atom. The average Bonchev–Trinajstić information content (AvgIpc) is 3.59. The van der Waals surface area contributed by atoms with Crippen LogP contribution in [0.3, 0.4) is 0 Å². The van der Waals surface area contributed by atoms with Gasteiger partial charge in [-0.05, 0) is 84.9 Å². The highest BCUT2D eigenvalue weighted by molar-refractivity contribution is 5.81. The van der Waals surface area contributed by atoms with E-state index in [4.69, 9.17) is 8.83 Å². The quantitative estimate of drug-likeness (QED) is 0.247. The Balaban J connectivity index is 1.24. The summed E-state index contributed by atoms with van der Waals surface area (Å²) < 4.78 is 11.9. The summed E-state index contributed by atoms with van der Waals surface area (Å²) in [6.07, 6.45) is 0. The van der Waals surface area contributed by atoms with E-state index in [1.165, 1.54) is 0 Å². The molecular weight excluding hydrogens is 458 g/mol. The first kappa shape index (κ1) is 21.1. The molecule has 37 heavy (non-hydrogen) atoms. The maximum Gasteiger partial charge on any atom is 0.227 e. The van der Waals surface area contributed by atoms with Crippen LogP contribution in [0.2, 0.25) is 0 Å². The minimum Gasteiger partial charge on any atom is -0.436 e. The lowest BCUT2D eigenvalue weighted by atomic mass is 10.1. The van der Waals surface area contributed by atoms with Crippen LogP contribution in [0.1, 0.15) is 0 Å². The normalized spacial score (nSPS) is 11.2. The highest BCUT2D eigenvalue weighted by atomic mass is 16.4. The lowest BCUT2D eigenvalue weighted by molar-refractivity contribution is 0.619. The van der Waals surface area contributed by atoms with Gasteiger partial charge in [-0.3, -0.25) is 0 Å². The van der Waals surface area contributed by atoms with Gasteiger partial charge in [-0.2, -0.15) is 0 Å². The van der Waals surface area contributed by atoms with Crippen LogP contribution in [-0.2, 0) is 0 Å². The number of rotatable bonds is 5. The maximum atomic E-state index is 5.96. The molecule has 0 aliphatic carbocycles. The molecule has 2 heterocycles. The molecule has 0 fully saturated rings. The Labute approximate surface area is 213 Å². The van der Waals surface area contributed by atoms with Gasteiger partial charge in [0, 0.05) is 28.2 Å². The van der Waals surface area contributed by atoms with Gasteiger partial charge in [0.25, 0.3) is 0 Å². The molecule has 176 valence electrons. The van der Waals surface area contributed by atoms with Crippen LogP contribution in [0.15, 0.2) is 136 Å². The summed E-state index contributed by atoms with van der Waals surface area (Å²) >= 11 is 0. The number of hydrogen-bond donors (Lipinski definition) is 0. The first-order chi connectivity index (χ1) is 18.3. The highest BCUT2D eigenvalue weighted by Gasteiger charge is 2.15. The smallest absolute Gasteiger partial charge is 0.227 e. The zero-order valence-electron chi connectivity index (χ0n) is 19.8. The number of hydrogen-bond acceptors (Lipinski definition) is 5. The number of fused-ring (bicyclic) bond motifs is 2. The molecule has 0 saturated heterocycles. The molecule has 7 aromatic rings. The van der Waals surface area contributed by atoms with Crippen molar-refractivity contribution in [3.63, 3.8) is 0 Å². The van der Waals surface area contributed by atoms with Crippen LogP contribution >= 0.6 is 0 Å². The van der Waals surface area contributed by atoms with E-state index in [0.717, 1.165) is 50.4 Å². The zero-order chi connectivity index (χ0) is 24.6. The Morgan fingerprint density at radius 2 is 0.811 bits per heavy atom. The summed E-state index contributed by atoms with van der Waals surface area (Å²) in [5, 5.41) is 0. The van der Waals surface area contributed by atoms with E-state index < -0.39 is 0 Å². The Kier molecular flexibility index (Phi) is 5.03. The van der Waals surface area contributed by atoms with Gasteiger partial charge in [0.1, 0.15) is 11.0 Å². The molecule has 0 amide bonds. The second kappa shape index (κ2) is 8.81. The Bertz CT molecular complexity index is 1630. The lowest BCUT2D eigenvalue weighted by Crippen LogP contribution is -2.09. The molecular formula is C32H21N3O2. The van der Waals surface area contributed by atoms with Crippen LogP contribution in [0.25, 0.3) is 45.1 Å². The highest BCUT2D eigenvalue weighted by Crippen LogP contribution is 2.37. The average molecular weight is 480 g/mol. The SMILES string of the molecule is c1ccc(N(c2ccc(-c3nc4ccccc4o3)cc2)c2ccc(-c3nc4ccccc4o3)cc2)cc1. The van der Waals surface area contributed by atoms with Gasteiger partial charge in [0.2, 0.25) is 11.8 Å². The van der Waals surface area contributed by atoms with Crippen LogP contribution in [-0.4, -0.2) is 9.97 Å². The summed E-state index contributed by atoms with van der Waals surface area (Å²) in [6, 6.07) is 42.5. The van der Waals surface area contributed by atoms with Crippen LogP contribution in [0.5, 0.6) is 0 Å². The first-order valence-electron chi connectivity index (χ1n) is 12.1. The van der Waals surface area contributed by atoms with Crippen molar-refractivity contribution in [3.05, 3.63) is 127 Å². The molecule has 0 bridgehead atoms. The molecule has 0 spiro atoms. The fourth-order valence-corrected chi connectivity index (χ4v) is 4.52. The number of oxazole rings is 2. The topological polar surface area (TPSA) is 55.3 Å². The largest absolute Gasteiger partial charge is 0.436 e. The van der Waals surface area contributed by atoms with Gasteiger partial charge in [0.05, 0.1) is 0 Å². The molecule has 0 saturated carbocycles. The Hall–Kier alpha value is -5.16. The van der Waals surface area contributed by atoms with Crippen molar-refractivity contribution in [2.24, 2.45) is 0 Å². The fourth-order valence-electron chi connectivity index (χ4n) is 4.52. The van der Waals surface area contributed by atoms with Crippen LogP contribution in [0, 0.1) is 0 Å². The minimum atomic E-state index is 0.613. The van der Waals surface area contributed by atoms with Gasteiger partial charge < -0.3 is 13.7 Å². The Morgan fingerprint density at radius 1 is 0.405 bits per heavy atom. The van der Waals surface area contributed by atoms with Crippen molar-refractivity contribution in [2.75, 3.05) is 4.90 Å². The molecule has 0 aliphatic rings. The summed E-state index contributed by atoms with van der Waals surface area (Å²) in [5.74, 6) is 1.23. The lowest BCUT2D eigenvalue weighted by Gasteiger charge is -2.25. The predicted octanol–water partition coefficient (Wildman–Crippen LogP) is 8.77. The standard InChI is InChI=1S/C32H21N3O2/c1-2-8-24(9-3-1)35(25-18-14-22(15-19-25)31-33-27-10-4-6-12-29(27)36-31)26-20-16-23(17-21-26)32-34-28-11-5-7-13-30(28)37-32/h1-21H. The van der Waals surface area contributed by atoms with Gasteiger partial charge >= 0.3 is 0 Å². The molecule has 0 aliphatic heterocycles. The van der Waals surface area contributed by atoms with Gasteiger partial charge in [-0.15, -0.1) is 0 Å². The first-order valence-corrected chi connectivity index (χ1v) is 12.1. The molecule has 0 unspecified atom stereocenters. The summed E-state index contributed by atoms with van der Waals surface area (Å²) in [5.41, 5.74) is 8.25. The zero-order valence-corrected chi connectivity index (χ0v) is 19.8. The number of aromatic nitrogens is 2. The molecule has 0 N–H and O–H groups in total. The minimum absolute atomic E-state index is 0.613. The van der Waals surface area contributed by atoms with Gasteiger partial charge in [-0.25, -0.2) is 9.97 Å². The fraction of sp³-hybridized carbons (Fsp3) is 0. The second-order valence-corrected chi connectivity index (χ2v) is 8.74. The second-order valence-electron chi connectivity index (χ2n) is 8.74. The molecule has 5 aromatic carbocycles. The third-order valence-corrected chi connectivity index (χ3v) is 6.35. The van der Waals surface area contributed by atoms with Crippen molar-refractivity contribution in [1.29, 1.82) is 0 Å². The maximum absolute atomic E-state index is 5.96. The monoisotopic (exact) mass is 479 g/mol. The van der Waals surface area contributed by atoms with Crippen molar-refractivity contribution >= 4 is 39.3 Å². The van der Waals surface area contributed by atoms with Crippen LogP contribution < -0.4 is 4.90 Å². The van der Waals surface area contributed by atoms with Crippen molar-refractivity contribution in [3.8, 4) is 22.9 Å². The predicted molar refractivity (Wildman–Crippen MR) is 147 cm³/mol. The van der Waals surface area contributed by atoms with E-state index in [0.29, 0.717) is 11.8 Å². The molecule has 5 nitrogen and oxygen atoms in total. The molecule has 5 heteroatoms. The molecule has 0 atom stereocenters. The van der Waals surface area contributed by atoms with Crippen molar-refractivity contribution in [1.82, 2.24) is 9.97 Å². The number of anilines is 3. The van der Waals surface area contributed by atoms with Crippen LogP contribution in [0.4, 0.5) is 17.1 Å². The van der Waals surface area contributed by atoms with Crippen molar-refractivity contribution < 1.29 is 8.83 Å². The third kappa shape index (κ3) is 3.93. The molecule has 2 aromatic heterocycles. The van der Waals surface area contributed by atoms with E-state index in [1.807, 2.05) is 91.0 Å². The molecule has 7 rings (SSSR count). The number of para-hydroxylation sites is 5. The van der Waals surface area contributed by atoms with E-state index in [2.05, 4.69) is 51.3 Å². The van der Waals surface area contributed by atoms with Gasteiger partial charge in [-0.1, -0.05) is 42.5 Å². The van der Waals surface area contributed by atoms with Crippen molar-refractivity contribution in [2.45, 2.75) is 0 Å². The number of nitrogens with zero attached hydrogens (tertiary/aromatic N) is 3. The molecule has 0 radical (unpaired) electrons. The third-order valence-electron chi connectivity index (χ3n) is 6.35. The summed E-state index contributed by atoms with van der Waals surface area (Å²) in [7, 11) is 0. The number of benzene rings is 5. The van der Waals surface area contributed by atoms with Gasteiger partial charge in [0.15, 0.2) is 11.2 Å². The van der Waals surface area contributed by atoms with E-state index in [9.17, 15) is 0 Å².